The molecular formula is C22H17BrO3S. The van der Waals surface area contributed by atoms with E-state index in [9.17, 15) is 8.42 Å². The normalized spacial score (nSPS) is 11.8. The lowest BCUT2D eigenvalue weighted by atomic mass is 9.92. The molecule has 4 rings (SSSR count). The molecule has 0 saturated heterocycles. The summed E-state index contributed by atoms with van der Waals surface area (Å²) in [4.78, 5) is 0.229. The van der Waals surface area contributed by atoms with E-state index in [1.807, 2.05) is 61.5 Å². The Balaban J connectivity index is 2.26. The van der Waals surface area contributed by atoms with Crippen LogP contribution in [-0.4, -0.2) is 15.5 Å². The van der Waals surface area contributed by atoms with Crippen molar-refractivity contribution in [2.45, 2.75) is 11.8 Å². The fourth-order valence-electron chi connectivity index (χ4n) is 3.57. The van der Waals surface area contributed by atoms with Gasteiger partial charge in [0.05, 0.1) is 26.8 Å². The summed E-state index contributed by atoms with van der Waals surface area (Å²) < 4.78 is 30.7. The van der Waals surface area contributed by atoms with E-state index in [1.54, 1.807) is 13.2 Å². The molecule has 0 N–H and O–H groups in total. The van der Waals surface area contributed by atoms with Crippen molar-refractivity contribution >= 4 is 44.6 Å². The Morgan fingerprint density at radius 3 is 2.26 bits per heavy atom. The molecule has 3 nitrogen and oxygen atoms in total. The highest BCUT2D eigenvalue weighted by Crippen LogP contribution is 2.44. The highest BCUT2D eigenvalue weighted by atomic mass is 79.9. The summed E-state index contributed by atoms with van der Waals surface area (Å²) in [7, 11) is -2.01. The van der Waals surface area contributed by atoms with Crippen LogP contribution in [0.5, 0.6) is 5.75 Å². The van der Waals surface area contributed by atoms with Crippen molar-refractivity contribution in [1.29, 1.82) is 0 Å². The average Bonchev–Trinajstić information content (AvgIpc) is 2.65. The molecule has 0 aliphatic heterocycles. The minimum absolute atomic E-state index is 0.229. The van der Waals surface area contributed by atoms with Crippen LogP contribution in [0, 0.1) is 6.92 Å². The van der Waals surface area contributed by atoms with Crippen LogP contribution >= 0.6 is 14.8 Å². The van der Waals surface area contributed by atoms with E-state index < -0.39 is 8.27 Å². The van der Waals surface area contributed by atoms with Crippen LogP contribution in [0.3, 0.4) is 0 Å². The summed E-state index contributed by atoms with van der Waals surface area (Å²) >= 11 is 2.87. The zero-order valence-corrected chi connectivity index (χ0v) is 17.3. The smallest absolute Gasteiger partial charge is 0.238 e. The molecule has 0 aliphatic rings. The van der Waals surface area contributed by atoms with Gasteiger partial charge in [-0.3, -0.25) is 0 Å². The van der Waals surface area contributed by atoms with Gasteiger partial charge in [0.2, 0.25) is 8.27 Å². The third-order valence-corrected chi connectivity index (χ3v) is 6.67. The number of rotatable bonds is 3. The van der Waals surface area contributed by atoms with Gasteiger partial charge in [-0.05, 0) is 40.6 Å². The SMILES string of the molecule is COc1ccc2cc(C)ccc2c1-c1c(S(=O)(=O)Br)ccc2ccccc12. The molecule has 0 radical (unpaired) electrons. The maximum atomic E-state index is 12.5. The molecule has 136 valence electrons. The monoisotopic (exact) mass is 440 g/mol. The fourth-order valence-corrected chi connectivity index (χ4v) is 5.07. The van der Waals surface area contributed by atoms with Crippen LogP contribution in [0.25, 0.3) is 32.7 Å². The van der Waals surface area contributed by atoms with Gasteiger partial charge in [0.1, 0.15) is 5.75 Å². The number of ether oxygens (including phenoxy) is 1. The molecule has 0 aliphatic carbocycles. The van der Waals surface area contributed by atoms with Crippen LogP contribution in [0.2, 0.25) is 0 Å². The van der Waals surface area contributed by atoms with Gasteiger partial charge < -0.3 is 4.74 Å². The molecule has 0 bridgehead atoms. The second kappa shape index (κ2) is 6.66. The lowest BCUT2D eigenvalue weighted by Crippen LogP contribution is -1.98. The topological polar surface area (TPSA) is 43.4 Å². The Kier molecular flexibility index (Phi) is 4.44. The zero-order valence-electron chi connectivity index (χ0n) is 14.9. The Morgan fingerprint density at radius 2 is 1.52 bits per heavy atom. The van der Waals surface area contributed by atoms with Crippen molar-refractivity contribution in [2.75, 3.05) is 7.11 Å². The molecule has 0 fully saturated rings. The first-order chi connectivity index (χ1) is 12.9. The number of aryl methyl sites for hydroxylation is 1. The Hall–Kier alpha value is -2.37. The molecule has 5 heteroatoms. The second-order valence-corrected chi connectivity index (χ2v) is 10.3. The van der Waals surface area contributed by atoms with Crippen molar-refractivity contribution in [3.05, 3.63) is 72.3 Å². The first-order valence-electron chi connectivity index (χ1n) is 8.44. The van der Waals surface area contributed by atoms with Gasteiger partial charge in [-0.2, -0.15) is 0 Å². The number of hydrogen-bond acceptors (Lipinski definition) is 3. The van der Waals surface area contributed by atoms with E-state index in [-0.39, 0.29) is 4.90 Å². The molecule has 0 heterocycles. The Bertz CT molecular complexity index is 1290. The Labute approximate surface area is 165 Å². The summed E-state index contributed by atoms with van der Waals surface area (Å²) in [5.74, 6) is 0.639. The minimum atomic E-state index is -3.62. The second-order valence-electron chi connectivity index (χ2n) is 6.47. The zero-order chi connectivity index (χ0) is 19.2. The van der Waals surface area contributed by atoms with Gasteiger partial charge in [-0.1, -0.05) is 60.2 Å². The van der Waals surface area contributed by atoms with Crippen molar-refractivity contribution in [2.24, 2.45) is 0 Å². The van der Waals surface area contributed by atoms with Crippen molar-refractivity contribution < 1.29 is 13.2 Å². The molecule has 0 spiro atoms. The molecule has 0 saturated carbocycles. The molecule has 4 aromatic carbocycles. The number of halogens is 1. The maximum Gasteiger partial charge on any atom is 0.238 e. The Morgan fingerprint density at radius 1 is 0.815 bits per heavy atom. The minimum Gasteiger partial charge on any atom is -0.496 e. The summed E-state index contributed by atoms with van der Waals surface area (Å²) in [6.07, 6.45) is 0. The van der Waals surface area contributed by atoms with Crippen LogP contribution in [0.4, 0.5) is 0 Å². The molecule has 4 aromatic rings. The number of benzene rings is 4. The quantitative estimate of drug-likeness (QED) is 0.363. The average molecular weight is 441 g/mol. The van der Waals surface area contributed by atoms with E-state index in [0.717, 1.165) is 32.7 Å². The molecule has 0 unspecified atom stereocenters. The molecule has 0 amide bonds. The van der Waals surface area contributed by atoms with Crippen molar-refractivity contribution in [3.63, 3.8) is 0 Å². The largest absolute Gasteiger partial charge is 0.496 e. The van der Waals surface area contributed by atoms with E-state index in [0.29, 0.717) is 11.3 Å². The highest BCUT2D eigenvalue weighted by molar-refractivity contribution is 9.47. The standard InChI is InChI=1S/C22H17BrO3S/c1-14-7-10-18-16(13-14)8-11-19(26-2)21(18)22-17-6-4-3-5-15(17)9-12-20(22)27(23,24)25/h3-13H,1-2H3. The number of fused-ring (bicyclic) bond motifs is 2. The third-order valence-electron chi connectivity index (χ3n) is 4.76. The van der Waals surface area contributed by atoms with E-state index >= 15 is 0 Å². The van der Waals surface area contributed by atoms with Crippen LogP contribution < -0.4 is 4.74 Å². The van der Waals surface area contributed by atoms with Gasteiger partial charge in [0, 0.05) is 11.1 Å². The van der Waals surface area contributed by atoms with E-state index in [4.69, 9.17) is 4.74 Å². The van der Waals surface area contributed by atoms with Crippen LogP contribution in [-0.2, 0) is 8.27 Å². The number of methoxy groups -OCH3 is 1. The summed E-state index contributed by atoms with van der Waals surface area (Å²) in [5, 5.41) is 3.83. The first-order valence-corrected chi connectivity index (χ1v) is 11.8. The van der Waals surface area contributed by atoms with Crippen LogP contribution in [0.15, 0.2) is 71.6 Å². The predicted octanol–water partition coefficient (Wildman–Crippen LogP) is 6.06. The molecule has 27 heavy (non-hydrogen) atoms. The predicted molar refractivity (Wildman–Crippen MR) is 114 cm³/mol. The lowest BCUT2D eigenvalue weighted by molar-refractivity contribution is 0.417. The van der Waals surface area contributed by atoms with Gasteiger partial charge in [0.25, 0.3) is 0 Å². The first kappa shape index (κ1) is 18.0. The van der Waals surface area contributed by atoms with Gasteiger partial charge in [-0.15, -0.1) is 0 Å². The summed E-state index contributed by atoms with van der Waals surface area (Å²) in [6, 6.07) is 21.3. The van der Waals surface area contributed by atoms with E-state index in [1.165, 1.54) is 0 Å². The summed E-state index contributed by atoms with van der Waals surface area (Å²) in [6.45, 7) is 2.04. The van der Waals surface area contributed by atoms with Crippen molar-refractivity contribution in [3.8, 4) is 16.9 Å². The lowest BCUT2D eigenvalue weighted by Gasteiger charge is -2.17. The van der Waals surface area contributed by atoms with Gasteiger partial charge in [-0.25, -0.2) is 8.42 Å². The number of hydrogen-bond donors (Lipinski definition) is 0. The highest BCUT2D eigenvalue weighted by Gasteiger charge is 2.23. The van der Waals surface area contributed by atoms with E-state index in [2.05, 4.69) is 20.9 Å². The maximum absolute atomic E-state index is 12.5. The van der Waals surface area contributed by atoms with Crippen molar-refractivity contribution in [1.82, 2.24) is 0 Å². The summed E-state index contributed by atoms with van der Waals surface area (Å²) in [5.41, 5.74) is 2.57. The molecular weight excluding hydrogens is 424 g/mol. The molecule has 0 aromatic heterocycles. The van der Waals surface area contributed by atoms with Crippen LogP contribution in [0.1, 0.15) is 5.56 Å². The molecule has 0 atom stereocenters. The fraction of sp³-hybridized carbons (Fsp3) is 0.0909. The van der Waals surface area contributed by atoms with Gasteiger partial charge in [0.15, 0.2) is 0 Å². The third kappa shape index (κ3) is 3.11. The van der Waals surface area contributed by atoms with Gasteiger partial charge >= 0.3 is 0 Å².